The number of aryl methyl sites for hydroxylation is 3. The molecule has 1 saturated heterocycles. The van der Waals surface area contributed by atoms with E-state index in [9.17, 15) is 8.42 Å². The number of rotatable bonds is 5. The first-order valence-corrected chi connectivity index (χ1v) is 12.0. The van der Waals surface area contributed by atoms with Gasteiger partial charge in [0.25, 0.3) is 0 Å². The Bertz CT molecular complexity index is 1060. The summed E-state index contributed by atoms with van der Waals surface area (Å²) in [5.74, 6) is 0.118. The summed E-state index contributed by atoms with van der Waals surface area (Å²) < 4.78 is 29.5. The molecule has 2 aromatic carbocycles. The molecule has 3 nitrogen and oxygen atoms in total. The first-order chi connectivity index (χ1) is 14.1. The van der Waals surface area contributed by atoms with E-state index in [2.05, 4.69) is 38.6 Å². The van der Waals surface area contributed by atoms with Gasteiger partial charge in [0.1, 0.15) is 0 Å². The van der Waals surface area contributed by atoms with Crippen LogP contribution in [0, 0.1) is 32.6 Å². The summed E-state index contributed by atoms with van der Waals surface area (Å²) >= 11 is 0. The quantitative estimate of drug-likeness (QED) is 0.560. The molecule has 0 spiro atoms. The number of sulfonamides is 1. The minimum absolute atomic E-state index is 0.0294. The Morgan fingerprint density at radius 2 is 1.67 bits per heavy atom. The minimum atomic E-state index is -3.66. The number of hydrogen-bond acceptors (Lipinski definition) is 2. The lowest BCUT2D eigenvalue weighted by molar-refractivity contribution is 0.292. The lowest BCUT2D eigenvalue weighted by Gasteiger charge is -2.32. The monoisotopic (exact) mass is 423 g/mol. The van der Waals surface area contributed by atoms with Crippen LogP contribution in [0.25, 0.3) is 5.57 Å². The van der Waals surface area contributed by atoms with Crippen LogP contribution in [0.5, 0.6) is 0 Å². The van der Waals surface area contributed by atoms with Crippen LogP contribution in [0.4, 0.5) is 0 Å². The summed E-state index contributed by atoms with van der Waals surface area (Å²) in [4.78, 5) is 0.439. The molecule has 0 N–H and O–H groups in total. The van der Waals surface area contributed by atoms with Crippen molar-refractivity contribution in [3.63, 3.8) is 0 Å². The smallest absolute Gasteiger partial charge is 0.207 e. The SMILES string of the molecule is C=C1CN(S(=O)(=O)c2c(C)cc(C)cc2C)[C@@H](C(C)C)[C@H]1/C(=C/C)c1ccccc1. The third kappa shape index (κ3) is 3.91. The van der Waals surface area contributed by atoms with Gasteiger partial charge in [0, 0.05) is 18.5 Å². The predicted octanol–water partition coefficient (Wildman–Crippen LogP) is 5.92. The highest BCUT2D eigenvalue weighted by molar-refractivity contribution is 7.89. The molecular weight excluding hydrogens is 390 g/mol. The zero-order valence-electron chi connectivity index (χ0n) is 18.9. The van der Waals surface area contributed by atoms with E-state index in [4.69, 9.17) is 0 Å². The molecule has 0 amide bonds. The maximum Gasteiger partial charge on any atom is 0.244 e. The van der Waals surface area contributed by atoms with Crippen molar-refractivity contribution in [2.75, 3.05) is 6.54 Å². The van der Waals surface area contributed by atoms with Crippen molar-refractivity contribution in [3.8, 4) is 0 Å². The fraction of sp³-hybridized carbons (Fsp3) is 0.385. The zero-order valence-corrected chi connectivity index (χ0v) is 19.8. The molecule has 0 radical (unpaired) electrons. The third-order valence-corrected chi connectivity index (χ3v) is 8.23. The Labute approximate surface area is 182 Å². The topological polar surface area (TPSA) is 37.4 Å². The van der Waals surface area contributed by atoms with Gasteiger partial charge in [-0.15, -0.1) is 0 Å². The number of allylic oxidation sites excluding steroid dienone is 1. The van der Waals surface area contributed by atoms with Crippen molar-refractivity contribution >= 4 is 15.6 Å². The van der Waals surface area contributed by atoms with E-state index in [1.807, 2.05) is 58.0 Å². The van der Waals surface area contributed by atoms with Crippen LogP contribution >= 0.6 is 0 Å². The molecule has 1 heterocycles. The van der Waals surface area contributed by atoms with E-state index >= 15 is 0 Å². The molecule has 4 heteroatoms. The van der Waals surface area contributed by atoms with Gasteiger partial charge in [0.2, 0.25) is 10.0 Å². The van der Waals surface area contributed by atoms with Gasteiger partial charge < -0.3 is 0 Å². The Balaban J connectivity index is 2.13. The molecule has 0 aromatic heterocycles. The molecule has 0 unspecified atom stereocenters. The fourth-order valence-corrected chi connectivity index (χ4v) is 7.21. The third-order valence-electron chi connectivity index (χ3n) is 6.08. The van der Waals surface area contributed by atoms with E-state index in [0.717, 1.165) is 33.4 Å². The molecule has 1 aliphatic rings. The molecule has 2 atom stereocenters. The van der Waals surface area contributed by atoms with Gasteiger partial charge in [-0.05, 0) is 55.9 Å². The summed E-state index contributed by atoms with van der Waals surface area (Å²) in [6.07, 6.45) is 2.11. The van der Waals surface area contributed by atoms with E-state index in [1.54, 1.807) is 4.31 Å². The second kappa shape index (κ2) is 8.52. The highest BCUT2D eigenvalue weighted by atomic mass is 32.2. The Morgan fingerprint density at radius 1 is 1.10 bits per heavy atom. The van der Waals surface area contributed by atoms with Crippen LogP contribution in [0.15, 0.2) is 65.6 Å². The highest BCUT2D eigenvalue weighted by Crippen LogP contribution is 2.44. The average molecular weight is 424 g/mol. The second-order valence-corrected chi connectivity index (χ2v) is 10.6. The second-order valence-electron chi connectivity index (χ2n) is 8.76. The number of hydrogen-bond donors (Lipinski definition) is 0. The fourth-order valence-electron chi connectivity index (χ4n) is 5.03. The Hall–Kier alpha value is -2.17. The van der Waals surface area contributed by atoms with Gasteiger partial charge in [-0.3, -0.25) is 0 Å². The van der Waals surface area contributed by atoms with Crippen molar-refractivity contribution in [1.82, 2.24) is 4.31 Å². The summed E-state index contributed by atoms with van der Waals surface area (Å²) in [5, 5.41) is 0. The van der Waals surface area contributed by atoms with Crippen molar-refractivity contribution in [1.29, 1.82) is 0 Å². The maximum absolute atomic E-state index is 13.9. The van der Waals surface area contributed by atoms with E-state index in [1.165, 1.54) is 0 Å². The number of benzene rings is 2. The van der Waals surface area contributed by atoms with Gasteiger partial charge in [-0.25, -0.2) is 8.42 Å². The normalized spacial score (nSPS) is 20.9. The van der Waals surface area contributed by atoms with Gasteiger partial charge in [-0.1, -0.05) is 80.1 Å². The van der Waals surface area contributed by atoms with Crippen LogP contribution in [0.2, 0.25) is 0 Å². The predicted molar refractivity (Wildman–Crippen MR) is 126 cm³/mol. The molecule has 0 bridgehead atoms. The Kier molecular flexibility index (Phi) is 6.40. The summed E-state index contributed by atoms with van der Waals surface area (Å²) in [6, 6.07) is 14.0. The molecular formula is C26H33NO2S. The van der Waals surface area contributed by atoms with Gasteiger partial charge >= 0.3 is 0 Å². The van der Waals surface area contributed by atoms with Crippen LogP contribution in [0.3, 0.4) is 0 Å². The highest BCUT2D eigenvalue weighted by Gasteiger charge is 2.47. The van der Waals surface area contributed by atoms with E-state index in [-0.39, 0.29) is 17.9 Å². The van der Waals surface area contributed by atoms with Crippen LogP contribution in [0.1, 0.15) is 43.0 Å². The first-order valence-electron chi connectivity index (χ1n) is 10.6. The van der Waals surface area contributed by atoms with Crippen molar-refractivity contribution < 1.29 is 8.42 Å². The first kappa shape index (κ1) is 22.5. The van der Waals surface area contributed by atoms with Crippen LogP contribution in [-0.2, 0) is 10.0 Å². The molecule has 2 aromatic rings. The molecule has 0 aliphatic carbocycles. The van der Waals surface area contributed by atoms with Crippen molar-refractivity contribution in [2.45, 2.75) is 52.5 Å². The number of nitrogens with zero attached hydrogens (tertiary/aromatic N) is 1. The largest absolute Gasteiger partial charge is 0.244 e. The molecule has 160 valence electrons. The molecule has 3 rings (SSSR count). The average Bonchev–Trinajstić information content (AvgIpc) is 3.00. The lowest BCUT2D eigenvalue weighted by atomic mass is 9.80. The van der Waals surface area contributed by atoms with E-state index < -0.39 is 10.0 Å². The maximum atomic E-state index is 13.9. The Morgan fingerprint density at radius 3 is 2.17 bits per heavy atom. The summed E-state index contributed by atoms with van der Waals surface area (Å²) in [7, 11) is -3.66. The molecule has 1 fully saturated rings. The lowest BCUT2D eigenvalue weighted by Crippen LogP contribution is -2.42. The van der Waals surface area contributed by atoms with Gasteiger partial charge in [0.05, 0.1) is 4.90 Å². The minimum Gasteiger partial charge on any atom is -0.207 e. The summed E-state index contributed by atoms with van der Waals surface area (Å²) in [6.45, 7) is 16.7. The van der Waals surface area contributed by atoms with Crippen molar-refractivity contribution in [3.05, 3.63) is 82.9 Å². The molecule has 1 aliphatic heterocycles. The standard InChI is InChI=1S/C26H33NO2S/c1-8-23(22-12-10-9-11-13-22)24-21(7)16-27(25(24)17(2)3)30(28,29)26-19(5)14-18(4)15-20(26)6/h8-15,17,24-25H,7,16H2,1-6H3/b23-8+/t24-,25+/m1/s1. The summed E-state index contributed by atoms with van der Waals surface area (Å²) in [5.41, 5.74) is 5.91. The zero-order chi connectivity index (χ0) is 22.2. The van der Waals surface area contributed by atoms with Gasteiger partial charge in [-0.2, -0.15) is 4.31 Å². The molecule has 30 heavy (non-hydrogen) atoms. The van der Waals surface area contributed by atoms with Gasteiger partial charge in [0.15, 0.2) is 0 Å². The van der Waals surface area contributed by atoms with E-state index in [0.29, 0.717) is 11.4 Å². The molecule has 0 saturated carbocycles. The van der Waals surface area contributed by atoms with Crippen LogP contribution in [-0.4, -0.2) is 25.3 Å². The van der Waals surface area contributed by atoms with Crippen LogP contribution < -0.4 is 0 Å². The van der Waals surface area contributed by atoms with Crippen molar-refractivity contribution in [2.24, 2.45) is 11.8 Å².